The lowest BCUT2D eigenvalue weighted by Gasteiger charge is -1.80. The second kappa shape index (κ2) is 7.22. The van der Waals surface area contributed by atoms with Crippen LogP contribution in [0.2, 0.25) is 0 Å². The number of rotatable bonds is 4. The molecule has 9 heavy (non-hydrogen) atoms. The number of unbranched alkanes of at least 4 members (excludes halogenated alkanes) is 1. The monoisotopic (exact) mass is 120 g/mol. The van der Waals surface area contributed by atoms with Crippen LogP contribution in [0, 0.1) is 13.5 Å². The molecule has 0 amide bonds. The smallest absolute Gasteiger partial charge is 0.0313 e. The average Bonchev–Trinajstić information content (AvgIpc) is 1.89. The third kappa shape index (κ3) is 7.22. The van der Waals surface area contributed by atoms with E-state index in [0.29, 0.717) is 0 Å². The second-order valence-electron chi connectivity index (χ2n) is 1.67. The first kappa shape index (κ1) is 8.22. The minimum atomic E-state index is 0.946. The molecule has 0 bridgehead atoms. The normalized spacial score (nSPS) is 11.2. The lowest BCUT2D eigenvalue weighted by Crippen LogP contribution is -1.60. The Balaban J connectivity index is 3.14. The summed E-state index contributed by atoms with van der Waals surface area (Å²) in [5.41, 5.74) is 0. The minimum absolute atomic E-state index is 0.946. The van der Waals surface area contributed by atoms with Crippen LogP contribution in [0.25, 0.3) is 0 Å². The van der Waals surface area contributed by atoms with Crippen molar-refractivity contribution in [1.82, 2.24) is 0 Å². The Bertz CT molecular complexity index is 107. The summed E-state index contributed by atoms with van der Waals surface area (Å²) < 4.78 is 0. The van der Waals surface area contributed by atoms with Crippen molar-refractivity contribution in [3.63, 3.8) is 0 Å². The molecule has 0 N–H and O–H groups in total. The molecule has 0 nitrogen and oxygen atoms in total. The Morgan fingerprint density at radius 3 is 2.56 bits per heavy atom. The Hall–Kier alpha value is -0.780. The molecule has 0 heterocycles. The van der Waals surface area contributed by atoms with E-state index >= 15 is 0 Å². The lowest BCUT2D eigenvalue weighted by atomic mass is 10.3. The quantitative estimate of drug-likeness (QED) is 0.395. The van der Waals surface area contributed by atoms with Crippen molar-refractivity contribution in [2.75, 3.05) is 0 Å². The zero-order valence-corrected chi connectivity index (χ0v) is 5.59. The summed E-state index contributed by atoms with van der Waals surface area (Å²) in [5.74, 6) is 0. The van der Waals surface area contributed by atoms with Crippen molar-refractivity contribution in [3.05, 3.63) is 43.9 Å². The maximum absolute atomic E-state index is 5.15. The van der Waals surface area contributed by atoms with E-state index in [-0.39, 0.29) is 0 Å². The van der Waals surface area contributed by atoms with E-state index in [9.17, 15) is 0 Å². The third-order valence-electron chi connectivity index (χ3n) is 0.883. The topological polar surface area (TPSA) is 0 Å². The van der Waals surface area contributed by atoms with E-state index in [1.165, 1.54) is 0 Å². The minimum Gasteiger partial charge on any atom is -0.0842 e. The Morgan fingerprint density at radius 1 is 1.22 bits per heavy atom. The van der Waals surface area contributed by atoms with Gasteiger partial charge in [0, 0.05) is 0 Å². The number of hydrogen-bond donors (Lipinski definition) is 0. The van der Waals surface area contributed by atoms with Crippen LogP contribution < -0.4 is 0 Å². The summed E-state index contributed by atoms with van der Waals surface area (Å²) >= 11 is 0. The van der Waals surface area contributed by atoms with Gasteiger partial charge in [0.1, 0.15) is 0 Å². The van der Waals surface area contributed by atoms with E-state index in [0.717, 1.165) is 12.8 Å². The van der Waals surface area contributed by atoms with Crippen LogP contribution in [-0.4, -0.2) is 0 Å². The van der Waals surface area contributed by atoms with Gasteiger partial charge in [-0.15, -0.1) is 0 Å². The highest BCUT2D eigenvalue weighted by Crippen LogP contribution is 1.90. The van der Waals surface area contributed by atoms with Crippen LogP contribution in [0.3, 0.4) is 0 Å². The van der Waals surface area contributed by atoms with Gasteiger partial charge in [-0.25, -0.2) is 0 Å². The Kier molecular flexibility index (Phi) is 6.59. The van der Waals surface area contributed by atoms with Crippen LogP contribution in [0.4, 0.5) is 0 Å². The van der Waals surface area contributed by atoms with Gasteiger partial charge in [-0.05, 0) is 19.8 Å². The van der Waals surface area contributed by atoms with E-state index in [4.69, 9.17) is 6.58 Å². The molecule has 0 aromatic rings. The molecule has 0 heteroatoms. The molecule has 0 saturated heterocycles. The van der Waals surface area contributed by atoms with Crippen LogP contribution in [0.5, 0.6) is 0 Å². The summed E-state index contributed by atoms with van der Waals surface area (Å²) in [6.45, 7) is 8.69. The summed E-state index contributed by atoms with van der Waals surface area (Å²) in [6, 6.07) is 0. The highest BCUT2D eigenvalue weighted by atomic mass is 13.8. The molecule has 0 atom stereocenters. The first-order valence-corrected chi connectivity index (χ1v) is 3.06. The third-order valence-corrected chi connectivity index (χ3v) is 0.883. The van der Waals surface area contributed by atoms with E-state index in [1.807, 2.05) is 12.2 Å². The second-order valence-corrected chi connectivity index (χ2v) is 1.67. The molecule has 2 radical (unpaired) electrons. The fourth-order valence-corrected chi connectivity index (χ4v) is 0.446. The highest BCUT2D eigenvalue weighted by Gasteiger charge is 1.70. The zero-order valence-electron chi connectivity index (χ0n) is 5.59. The molecule has 0 aromatic carbocycles. The zero-order chi connectivity index (χ0) is 6.95. The first-order chi connectivity index (χ1) is 4.41. The molecule has 0 aromatic heterocycles. The molecular weight excluding hydrogens is 108 g/mol. The molecule has 0 saturated carbocycles. The van der Waals surface area contributed by atoms with E-state index < -0.39 is 0 Å². The van der Waals surface area contributed by atoms with Crippen molar-refractivity contribution in [2.24, 2.45) is 0 Å². The molecule has 0 rings (SSSR count). The molecule has 0 spiro atoms. The largest absolute Gasteiger partial charge is 0.0842 e. The van der Waals surface area contributed by atoms with Gasteiger partial charge in [-0.1, -0.05) is 37.0 Å². The first-order valence-electron chi connectivity index (χ1n) is 3.06. The van der Waals surface area contributed by atoms with Gasteiger partial charge in [-0.2, -0.15) is 0 Å². The fraction of sp³-hybridized carbons (Fsp3) is 0.222. The van der Waals surface area contributed by atoms with E-state index in [1.54, 1.807) is 12.2 Å². The number of allylic oxidation sites excluding steroid dienone is 5. The Morgan fingerprint density at radius 2 is 2.00 bits per heavy atom. The molecule has 48 valence electrons. The fourth-order valence-electron chi connectivity index (χ4n) is 0.446. The van der Waals surface area contributed by atoms with Crippen LogP contribution in [0.15, 0.2) is 30.4 Å². The van der Waals surface area contributed by atoms with E-state index in [2.05, 4.69) is 13.0 Å². The van der Waals surface area contributed by atoms with Crippen LogP contribution in [0.1, 0.15) is 12.8 Å². The van der Waals surface area contributed by atoms with Gasteiger partial charge >= 0.3 is 0 Å². The van der Waals surface area contributed by atoms with Gasteiger partial charge < -0.3 is 0 Å². The van der Waals surface area contributed by atoms with Crippen LogP contribution in [-0.2, 0) is 0 Å². The predicted octanol–water partition coefficient (Wildman–Crippen LogP) is 2.70. The molecule has 0 fully saturated rings. The number of hydrogen-bond acceptors (Lipinski definition) is 0. The summed E-state index contributed by atoms with van der Waals surface area (Å²) in [4.78, 5) is 0. The Labute approximate surface area is 57.6 Å². The van der Waals surface area contributed by atoms with Crippen molar-refractivity contribution in [2.45, 2.75) is 12.8 Å². The molecule has 0 aliphatic carbocycles. The molecule has 0 unspecified atom stereocenters. The van der Waals surface area contributed by atoms with Crippen molar-refractivity contribution >= 4 is 0 Å². The van der Waals surface area contributed by atoms with Gasteiger partial charge in [0.25, 0.3) is 0 Å². The maximum Gasteiger partial charge on any atom is -0.0313 e. The van der Waals surface area contributed by atoms with Crippen molar-refractivity contribution in [3.8, 4) is 0 Å². The average molecular weight is 120 g/mol. The summed E-state index contributed by atoms with van der Waals surface area (Å²) in [5, 5.41) is 0. The van der Waals surface area contributed by atoms with Gasteiger partial charge in [0.15, 0.2) is 0 Å². The molecule has 0 aliphatic heterocycles. The predicted molar refractivity (Wildman–Crippen MR) is 41.7 cm³/mol. The van der Waals surface area contributed by atoms with Crippen LogP contribution >= 0.6 is 0 Å². The SMILES string of the molecule is [CH]=CCCC=CC=C[CH2]. The maximum atomic E-state index is 5.15. The van der Waals surface area contributed by atoms with Crippen molar-refractivity contribution in [1.29, 1.82) is 0 Å². The highest BCUT2D eigenvalue weighted by molar-refractivity contribution is 5.03. The lowest BCUT2D eigenvalue weighted by molar-refractivity contribution is 1.05. The summed E-state index contributed by atoms with van der Waals surface area (Å²) in [6.07, 6.45) is 11.3. The van der Waals surface area contributed by atoms with Gasteiger partial charge in [0.2, 0.25) is 0 Å². The standard InChI is InChI=1S/C9H12/c1-3-5-7-9-8-6-4-2/h1,3-4,6,8-9H,2,5,7H2. The van der Waals surface area contributed by atoms with Crippen molar-refractivity contribution < 1.29 is 0 Å². The van der Waals surface area contributed by atoms with Gasteiger partial charge in [-0.3, -0.25) is 0 Å². The van der Waals surface area contributed by atoms with Gasteiger partial charge in [0.05, 0.1) is 0 Å². The molecule has 0 aliphatic rings. The molecular formula is C9H12. The summed E-state index contributed by atoms with van der Waals surface area (Å²) in [7, 11) is 0.